The Balaban J connectivity index is 2.00. The third-order valence-electron chi connectivity index (χ3n) is 3.88. The highest BCUT2D eigenvalue weighted by Crippen LogP contribution is 2.19. The second kappa shape index (κ2) is 7.97. The standard InChI is InChI=1S/C19H25N3S/c1-5-22(6-2)17-10-8-16(9-11-17)20-19(23)21-18-12-7-14(3)13-15(18)4/h7-13H,5-6H2,1-4H3,(H2,20,21,23). The average Bonchev–Trinajstić information content (AvgIpc) is 2.53. The molecule has 3 nitrogen and oxygen atoms in total. The van der Waals surface area contributed by atoms with Crippen LogP contribution in [0.1, 0.15) is 25.0 Å². The van der Waals surface area contributed by atoms with Crippen molar-refractivity contribution in [3.63, 3.8) is 0 Å². The van der Waals surface area contributed by atoms with Gasteiger partial charge < -0.3 is 15.5 Å². The van der Waals surface area contributed by atoms with Gasteiger partial charge in [-0.3, -0.25) is 0 Å². The van der Waals surface area contributed by atoms with Gasteiger partial charge in [0, 0.05) is 30.2 Å². The second-order valence-corrected chi connectivity index (χ2v) is 6.02. The normalized spacial score (nSPS) is 10.3. The zero-order valence-corrected chi connectivity index (χ0v) is 15.1. The monoisotopic (exact) mass is 327 g/mol. The molecular weight excluding hydrogens is 302 g/mol. The number of aryl methyl sites for hydroxylation is 2. The van der Waals surface area contributed by atoms with Crippen LogP contribution in [0.2, 0.25) is 0 Å². The Morgan fingerprint density at radius 2 is 1.61 bits per heavy atom. The van der Waals surface area contributed by atoms with E-state index in [4.69, 9.17) is 12.2 Å². The van der Waals surface area contributed by atoms with Gasteiger partial charge in [0.15, 0.2) is 5.11 Å². The first-order valence-corrected chi connectivity index (χ1v) is 8.44. The summed E-state index contributed by atoms with van der Waals surface area (Å²) < 4.78 is 0. The molecular formula is C19H25N3S. The minimum Gasteiger partial charge on any atom is -0.372 e. The van der Waals surface area contributed by atoms with E-state index in [1.807, 2.05) is 0 Å². The first-order chi connectivity index (χ1) is 11.0. The summed E-state index contributed by atoms with van der Waals surface area (Å²) in [5.41, 5.74) is 5.69. The average molecular weight is 327 g/mol. The zero-order valence-electron chi connectivity index (χ0n) is 14.3. The van der Waals surface area contributed by atoms with E-state index in [1.165, 1.54) is 16.8 Å². The van der Waals surface area contributed by atoms with Crippen LogP contribution in [0, 0.1) is 13.8 Å². The van der Waals surface area contributed by atoms with Gasteiger partial charge in [0.25, 0.3) is 0 Å². The summed E-state index contributed by atoms with van der Waals surface area (Å²) in [5, 5.41) is 7.10. The fourth-order valence-corrected chi connectivity index (χ4v) is 2.81. The van der Waals surface area contributed by atoms with E-state index in [0.29, 0.717) is 5.11 Å². The van der Waals surface area contributed by atoms with Crippen LogP contribution in [0.3, 0.4) is 0 Å². The highest BCUT2D eigenvalue weighted by molar-refractivity contribution is 7.80. The van der Waals surface area contributed by atoms with Crippen LogP contribution < -0.4 is 15.5 Å². The van der Waals surface area contributed by atoms with Crippen LogP contribution in [0.15, 0.2) is 42.5 Å². The molecule has 0 aliphatic heterocycles. The first-order valence-electron chi connectivity index (χ1n) is 8.03. The predicted molar refractivity (Wildman–Crippen MR) is 106 cm³/mol. The number of nitrogens with one attached hydrogen (secondary N) is 2. The molecule has 0 atom stereocenters. The van der Waals surface area contributed by atoms with Gasteiger partial charge >= 0.3 is 0 Å². The number of hydrogen-bond acceptors (Lipinski definition) is 2. The van der Waals surface area contributed by atoms with Crippen LogP contribution in [-0.2, 0) is 0 Å². The fourth-order valence-electron chi connectivity index (χ4n) is 2.58. The van der Waals surface area contributed by atoms with Crippen molar-refractivity contribution in [2.24, 2.45) is 0 Å². The van der Waals surface area contributed by atoms with Gasteiger partial charge in [0.05, 0.1) is 0 Å². The predicted octanol–water partition coefficient (Wildman–Crippen LogP) is 4.96. The number of anilines is 3. The summed E-state index contributed by atoms with van der Waals surface area (Å²) >= 11 is 5.41. The molecule has 2 N–H and O–H groups in total. The molecule has 122 valence electrons. The maximum Gasteiger partial charge on any atom is 0.175 e. The Kier molecular flexibility index (Phi) is 5.99. The Hall–Kier alpha value is -2.07. The first kappa shape index (κ1) is 17.3. The van der Waals surface area contributed by atoms with Crippen molar-refractivity contribution >= 4 is 34.4 Å². The SMILES string of the molecule is CCN(CC)c1ccc(NC(=S)Nc2ccc(C)cc2C)cc1. The molecule has 0 fully saturated rings. The lowest BCUT2D eigenvalue weighted by Crippen LogP contribution is -2.22. The third kappa shape index (κ3) is 4.70. The van der Waals surface area contributed by atoms with Gasteiger partial charge in [0.1, 0.15) is 0 Å². The number of hydrogen-bond donors (Lipinski definition) is 2. The van der Waals surface area contributed by atoms with E-state index < -0.39 is 0 Å². The van der Waals surface area contributed by atoms with E-state index in [1.54, 1.807) is 0 Å². The molecule has 0 aliphatic rings. The smallest absolute Gasteiger partial charge is 0.175 e. The molecule has 0 radical (unpaired) electrons. The molecule has 2 rings (SSSR count). The molecule has 2 aromatic carbocycles. The van der Waals surface area contributed by atoms with E-state index in [9.17, 15) is 0 Å². The van der Waals surface area contributed by atoms with Crippen LogP contribution in [-0.4, -0.2) is 18.2 Å². The summed E-state index contributed by atoms with van der Waals surface area (Å²) in [5.74, 6) is 0. The number of nitrogens with zero attached hydrogens (tertiary/aromatic N) is 1. The van der Waals surface area contributed by atoms with Crippen LogP contribution in [0.5, 0.6) is 0 Å². The minimum atomic E-state index is 0.604. The summed E-state index contributed by atoms with van der Waals surface area (Å²) in [7, 11) is 0. The number of thiocarbonyl (C=S) groups is 1. The van der Waals surface area contributed by atoms with Crippen molar-refractivity contribution in [2.45, 2.75) is 27.7 Å². The van der Waals surface area contributed by atoms with Crippen LogP contribution in [0.4, 0.5) is 17.1 Å². The number of rotatable bonds is 5. The lowest BCUT2D eigenvalue weighted by molar-refractivity contribution is 0.866. The van der Waals surface area contributed by atoms with Crippen molar-refractivity contribution in [3.05, 3.63) is 53.6 Å². The van der Waals surface area contributed by atoms with Crippen molar-refractivity contribution in [2.75, 3.05) is 28.6 Å². The molecule has 0 bridgehead atoms. The van der Waals surface area contributed by atoms with Gasteiger partial charge in [-0.05, 0) is 75.8 Å². The maximum atomic E-state index is 5.41. The molecule has 0 unspecified atom stereocenters. The second-order valence-electron chi connectivity index (χ2n) is 5.62. The molecule has 0 amide bonds. The Labute approximate surface area is 144 Å². The summed E-state index contributed by atoms with van der Waals surface area (Å²) in [6.07, 6.45) is 0. The van der Waals surface area contributed by atoms with Gasteiger partial charge in [-0.25, -0.2) is 0 Å². The fraction of sp³-hybridized carbons (Fsp3) is 0.316. The molecule has 4 heteroatoms. The zero-order chi connectivity index (χ0) is 16.8. The van der Waals surface area contributed by atoms with Crippen molar-refractivity contribution in [1.82, 2.24) is 0 Å². The van der Waals surface area contributed by atoms with Gasteiger partial charge in [-0.1, -0.05) is 17.7 Å². The van der Waals surface area contributed by atoms with Gasteiger partial charge in [-0.15, -0.1) is 0 Å². The molecule has 0 spiro atoms. The van der Waals surface area contributed by atoms with Crippen LogP contribution >= 0.6 is 12.2 Å². The molecule has 23 heavy (non-hydrogen) atoms. The van der Waals surface area contributed by atoms with E-state index in [0.717, 1.165) is 24.5 Å². The minimum absolute atomic E-state index is 0.604. The van der Waals surface area contributed by atoms with Gasteiger partial charge in [-0.2, -0.15) is 0 Å². The lowest BCUT2D eigenvalue weighted by atomic mass is 10.1. The highest BCUT2D eigenvalue weighted by Gasteiger charge is 2.04. The summed E-state index contributed by atoms with van der Waals surface area (Å²) in [6, 6.07) is 14.6. The Morgan fingerprint density at radius 1 is 0.957 bits per heavy atom. The van der Waals surface area contributed by atoms with E-state index in [2.05, 4.69) is 85.7 Å². The molecule has 0 heterocycles. The van der Waals surface area contributed by atoms with Crippen molar-refractivity contribution < 1.29 is 0 Å². The van der Waals surface area contributed by atoms with E-state index in [-0.39, 0.29) is 0 Å². The van der Waals surface area contributed by atoms with Crippen LogP contribution in [0.25, 0.3) is 0 Å². The molecule has 0 aromatic heterocycles. The summed E-state index contributed by atoms with van der Waals surface area (Å²) in [4.78, 5) is 2.32. The molecule has 0 saturated heterocycles. The third-order valence-corrected chi connectivity index (χ3v) is 4.09. The highest BCUT2D eigenvalue weighted by atomic mass is 32.1. The summed E-state index contributed by atoms with van der Waals surface area (Å²) in [6.45, 7) is 10.5. The van der Waals surface area contributed by atoms with Crippen molar-refractivity contribution in [3.8, 4) is 0 Å². The molecule has 2 aromatic rings. The quantitative estimate of drug-likeness (QED) is 0.759. The topological polar surface area (TPSA) is 27.3 Å². The maximum absolute atomic E-state index is 5.41. The largest absolute Gasteiger partial charge is 0.372 e. The molecule has 0 saturated carbocycles. The van der Waals surface area contributed by atoms with E-state index >= 15 is 0 Å². The lowest BCUT2D eigenvalue weighted by Gasteiger charge is -2.21. The van der Waals surface area contributed by atoms with Gasteiger partial charge in [0.2, 0.25) is 0 Å². The molecule has 0 aliphatic carbocycles. The number of benzene rings is 2. The Bertz CT molecular complexity index is 661. The van der Waals surface area contributed by atoms with Crippen molar-refractivity contribution in [1.29, 1.82) is 0 Å². The Morgan fingerprint density at radius 3 is 2.17 bits per heavy atom.